The van der Waals surface area contributed by atoms with Gasteiger partial charge in [-0.25, -0.2) is 4.79 Å². The van der Waals surface area contributed by atoms with Crippen LogP contribution in [-0.4, -0.2) is 25.8 Å². The van der Waals surface area contributed by atoms with Crippen molar-refractivity contribution in [3.8, 4) is 0 Å². The predicted octanol–water partition coefficient (Wildman–Crippen LogP) is 2.65. The molecule has 1 N–H and O–H groups in total. The fourth-order valence-corrected chi connectivity index (χ4v) is 2.44. The van der Waals surface area contributed by atoms with Gasteiger partial charge in [0.1, 0.15) is 6.54 Å². The Kier molecular flexibility index (Phi) is 2.57. The maximum Gasteiger partial charge on any atom is 0.335 e. The van der Waals surface area contributed by atoms with Gasteiger partial charge in [-0.05, 0) is 36.4 Å². The fourth-order valence-electron chi connectivity index (χ4n) is 2.44. The summed E-state index contributed by atoms with van der Waals surface area (Å²) in [5.74, 6) is 0.865. The van der Waals surface area contributed by atoms with E-state index in [0.717, 1.165) is 29.6 Å². The number of hydrogen-bond acceptors (Lipinski definition) is 4. The Balaban J connectivity index is 1.68. The first-order chi connectivity index (χ1) is 10.2. The Morgan fingerprint density at radius 1 is 1.38 bits per heavy atom. The van der Waals surface area contributed by atoms with Crippen molar-refractivity contribution in [3.63, 3.8) is 0 Å². The lowest BCUT2D eigenvalue weighted by Gasteiger charge is -2.02. The van der Waals surface area contributed by atoms with Crippen molar-refractivity contribution < 1.29 is 14.4 Å². The summed E-state index contributed by atoms with van der Waals surface area (Å²) in [6.07, 6.45) is 4.16. The van der Waals surface area contributed by atoms with Crippen LogP contribution in [0.25, 0.3) is 10.9 Å². The van der Waals surface area contributed by atoms with Crippen LogP contribution in [0.2, 0.25) is 0 Å². The number of carboxylic acid groups (broad SMARTS) is 1. The third-order valence-corrected chi connectivity index (χ3v) is 3.75. The minimum Gasteiger partial charge on any atom is -0.478 e. The number of aromatic nitrogens is 3. The minimum atomic E-state index is -0.932. The van der Waals surface area contributed by atoms with Crippen molar-refractivity contribution in [1.82, 2.24) is 14.7 Å². The monoisotopic (exact) mass is 283 g/mol. The van der Waals surface area contributed by atoms with E-state index in [1.54, 1.807) is 18.2 Å². The third-order valence-electron chi connectivity index (χ3n) is 3.75. The summed E-state index contributed by atoms with van der Waals surface area (Å²) in [7, 11) is 0. The number of rotatable bonds is 4. The van der Waals surface area contributed by atoms with Crippen LogP contribution >= 0.6 is 0 Å². The standard InChI is InChI=1S/C15H13N3O3/c19-15(20)11-4-1-9-5-6-18(12(9)7-11)8-13-16-14(17-21-13)10-2-3-10/h1,4-7,10H,2-3,8H2,(H,19,20). The number of hydrogen-bond donors (Lipinski definition) is 1. The van der Waals surface area contributed by atoms with E-state index in [4.69, 9.17) is 9.63 Å². The summed E-state index contributed by atoms with van der Waals surface area (Å²) < 4.78 is 7.19. The van der Waals surface area contributed by atoms with Crippen LogP contribution in [0.15, 0.2) is 35.0 Å². The quantitative estimate of drug-likeness (QED) is 0.796. The molecular formula is C15H13N3O3. The zero-order valence-corrected chi connectivity index (χ0v) is 11.2. The van der Waals surface area contributed by atoms with Gasteiger partial charge in [0.15, 0.2) is 5.82 Å². The molecule has 106 valence electrons. The molecule has 1 aliphatic carbocycles. The number of fused-ring (bicyclic) bond motifs is 1. The van der Waals surface area contributed by atoms with E-state index in [1.165, 1.54) is 0 Å². The Hall–Kier alpha value is -2.63. The van der Waals surface area contributed by atoms with E-state index in [-0.39, 0.29) is 5.56 Å². The van der Waals surface area contributed by atoms with E-state index in [9.17, 15) is 4.79 Å². The van der Waals surface area contributed by atoms with E-state index in [0.29, 0.717) is 18.4 Å². The number of aromatic carboxylic acids is 1. The summed E-state index contributed by atoms with van der Waals surface area (Å²) in [5.41, 5.74) is 1.12. The number of carboxylic acids is 1. The highest BCUT2D eigenvalue weighted by Crippen LogP contribution is 2.38. The van der Waals surface area contributed by atoms with Gasteiger partial charge in [0.05, 0.1) is 5.56 Å². The van der Waals surface area contributed by atoms with Gasteiger partial charge in [-0.15, -0.1) is 0 Å². The van der Waals surface area contributed by atoms with Crippen LogP contribution in [0.1, 0.15) is 40.8 Å². The first-order valence-corrected chi connectivity index (χ1v) is 6.85. The molecule has 6 heteroatoms. The Bertz CT molecular complexity index is 830. The van der Waals surface area contributed by atoms with Gasteiger partial charge >= 0.3 is 5.97 Å². The lowest BCUT2D eigenvalue weighted by molar-refractivity contribution is 0.0697. The first kappa shape index (κ1) is 12.1. The molecule has 1 aliphatic rings. The SMILES string of the molecule is O=C(O)c1ccc2ccn(Cc3nc(C4CC4)no3)c2c1. The summed E-state index contributed by atoms with van der Waals surface area (Å²) in [6.45, 7) is 0.451. The minimum absolute atomic E-state index is 0.270. The molecule has 1 aromatic carbocycles. The molecule has 0 aliphatic heterocycles. The Morgan fingerprint density at radius 2 is 2.24 bits per heavy atom. The highest BCUT2D eigenvalue weighted by Gasteiger charge is 2.28. The number of benzene rings is 1. The molecule has 1 fully saturated rings. The average molecular weight is 283 g/mol. The molecule has 6 nitrogen and oxygen atoms in total. The Labute approximate surface area is 120 Å². The average Bonchev–Trinajstić information content (AvgIpc) is 3.10. The Morgan fingerprint density at radius 3 is 3.00 bits per heavy atom. The van der Waals surface area contributed by atoms with Crippen molar-refractivity contribution in [3.05, 3.63) is 47.7 Å². The van der Waals surface area contributed by atoms with Crippen molar-refractivity contribution in [1.29, 1.82) is 0 Å². The van der Waals surface area contributed by atoms with Gasteiger partial charge in [-0.3, -0.25) is 0 Å². The highest BCUT2D eigenvalue weighted by atomic mass is 16.5. The van der Waals surface area contributed by atoms with Crippen LogP contribution < -0.4 is 0 Å². The second-order valence-corrected chi connectivity index (χ2v) is 5.34. The van der Waals surface area contributed by atoms with Crippen LogP contribution in [0, 0.1) is 0 Å². The second kappa shape index (κ2) is 4.44. The molecule has 21 heavy (non-hydrogen) atoms. The van der Waals surface area contributed by atoms with Gasteiger partial charge in [0.2, 0.25) is 5.89 Å². The highest BCUT2D eigenvalue weighted by molar-refractivity contribution is 5.93. The van der Waals surface area contributed by atoms with E-state index >= 15 is 0 Å². The van der Waals surface area contributed by atoms with Crippen LogP contribution in [0.3, 0.4) is 0 Å². The predicted molar refractivity (Wildman–Crippen MR) is 74.3 cm³/mol. The molecule has 0 saturated heterocycles. The lowest BCUT2D eigenvalue weighted by Crippen LogP contribution is -2.00. The van der Waals surface area contributed by atoms with Crippen LogP contribution in [0.5, 0.6) is 0 Å². The molecule has 0 unspecified atom stereocenters. The smallest absolute Gasteiger partial charge is 0.335 e. The first-order valence-electron chi connectivity index (χ1n) is 6.85. The molecule has 0 spiro atoms. The molecule has 4 rings (SSSR count). The van der Waals surface area contributed by atoms with Crippen molar-refractivity contribution >= 4 is 16.9 Å². The largest absolute Gasteiger partial charge is 0.478 e. The molecule has 0 atom stereocenters. The zero-order chi connectivity index (χ0) is 14.4. The summed E-state index contributed by atoms with van der Waals surface area (Å²) >= 11 is 0. The third kappa shape index (κ3) is 2.18. The zero-order valence-electron chi connectivity index (χ0n) is 11.2. The molecule has 3 aromatic rings. The van der Waals surface area contributed by atoms with E-state index in [2.05, 4.69) is 10.1 Å². The maximum absolute atomic E-state index is 11.1. The van der Waals surface area contributed by atoms with Gasteiger partial charge < -0.3 is 14.2 Å². The van der Waals surface area contributed by atoms with Crippen molar-refractivity contribution in [2.24, 2.45) is 0 Å². The number of nitrogens with zero attached hydrogens (tertiary/aromatic N) is 3. The lowest BCUT2D eigenvalue weighted by atomic mass is 10.2. The molecule has 1 saturated carbocycles. The molecule has 0 bridgehead atoms. The number of carbonyl (C=O) groups is 1. The fraction of sp³-hybridized carbons (Fsp3) is 0.267. The van der Waals surface area contributed by atoms with Crippen LogP contribution in [-0.2, 0) is 6.54 Å². The molecule has 0 radical (unpaired) electrons. The topological polar surface area (TPSA) is 81.1 Å². The summed E-state index contributed by atoms with van der Waals surface area (Å²) in [6, 6.07) is 7.01. The van der Waals surface area contributed by atoms with Crippen molar-refractivity contribution in [2.75, 3.05) is 0 Å². The van der Waals surface area contributed by atoms with Crippen molar-refractivity contribution in [2.45, 2.75) is 25.3 Å². The van der Waals surface area contributed by atoms with Gasteiger partial charge in [0, 0.05) is 17.6 Å². The molecular weight excluding hydrogens is 270 g/mol. The van der Waals surface area contributed by atoms with Gasteiger partial charge in [-0.2, -0.15) is 4.98 Å². The van der Waals surface area contributed by atoms with E-state index < -0.39 is 5.97 Å². The molecule has 2 aromatic heterocycles. The second-order valence-electron chi connectivity index (χ2n) is 5.34. The van der Waals surface area contributed by atoms with Gasteiger partial charge in [-0.1, -0.05) is 11.2 Å². The summed E-state index contributed by atoms with van der Waals surface area (Å²) in [4.78, 5) is 15.5. The summed E-state index contributed by atoms with van der Waals surface area (Å²) in [5, 5.41) is 14.1. The normalized spacial score (nSPS) is 14.7. The maximum atomic E-state index is 11.1. The molecule has 0 amide bonds. The van der Waals surface area contributed by atoms with E-state index in [1.807, 2.05) is 16.8 Å². The van der Waals surface area contributed by atoms with Gasteiger partial charge in [0.25, 0.3) is 0 Å². The van der Waals surface area contributed by atoms with Crippen LogP contribution in [0.4, 0.5) is 0 Å². The molecule has 2 heterocycles.